The normalized spacial score (nSPS) is 13.6. The number of imidazole rings is 1. The molecule has 3 aromatic heterocycles. The zero-order valence-corrected chi connectivity index (χ0v) is 20.3. The third-order valence-electron chi connectivity index (χ3n) is 6.18. The summed E-state index contributed by atoms with van der Waals surface area (Å²) in [6.07, 6.45) is 3.61. The Bertz CT molecular complexity index is 1450. The highest BCUT2D eigenvalue weighted by atomic mass is 16.5. The number of pyridine rings is 1. The molecule has 0 atom stereocenters. The minimum absolute atomic E-state index is 0.486. The molecule has 37 heavy (non-hydrogen) atoms. The van der Waals surface area contributed by atoms with E-state index in [-0.39, 0.29) is 0 Å². The van der Waals surface area contributed by atoms with Crippen LogP contribution in [-0.4, -0.2) is 64.0 Å². The molecule has 0 amide bonds. The summed E-state index contributed by atoms with van der Waals surface area (Å²) in [4.78, 5) is 21.3. The number of para-hydroxylation sites is 2. The Morgan fingerprint density at radius 1 is 0.865 bits per heavy atom. The van der Waals surface area contributed by atoms with Gasteiger partial charge < -0.3 is 19.7 Å². The summed E-state index contributed by atoms with van der Waals surface area (Å²) >= 11 is 0. The smallest absolute Gasteiger partial charge is 0.170 e. The number of ether oxygens (including phenoxy) is 2. The SMILES string of the molecule is c1ccc(OCCNc2nc(-c3ccc(N4CCOCC4)nc3)nc3c2ncn3-c2ccccc2)cc1. The molecule has 2 aromatic carbocycles. The van der Waals surface area contributed by atoms with Gasteiger partial charge in [0.15, 0.2) is 22.8 Å². The molecular formula is C28H27N7O2. The van der Waals surface area contributed by atoms with Crippen molar-refractivity contribution in [2.24, 2.45) is 0 Å². The van der Waals surface area contributed by atoms with Crippen LogP contribution in [0.4, 0.5) is 11.6 Å². The van der Waals surface area contributed by atoms with Gasteiger partial charge in [0.1, 0.15) is 24.5 Å². The zero-order chi connectivity index (χ0) is 24.9. The fourth-order valence-corrected chi connectivity index (χ4v) is 4.28. The number of nitrogens with zero attached hydrogens (tertiary/aromatic N) is 6. The summed E-state index contributed by atoms with van der Waals surface area (Å²) < 4.78 is 13.3. The maximum atomic E-state index is 5.84. The van der Waals surface area contributed by atoms with E-state index in [2.05, 4.69) is 15.2 Å². The maximum Gasteiger partial charge on any atom is 0.170 e. The molecule has 0 spiro atoms. The van der Waals surface area contributed by atoms with Crippen molar-refractivity contribution in [1.29, 1.82) is 0 Å². The Labute approximate surface area is 214 Å². The second-order valence-electron chi connectivity index (χ2n) is 8.61. The van der Waals surface area contributed by atoms with Crippen molar-refractivity contribution in [2.75, 3.05) is 49.7 Å². The van der Waals surface area contributed by atoms with Crippen LogP contribution in [0, 0.1) is 0 Å². The highest BCUT2D eigenvalue weighted by molar-refractivity contribution is 5.86. The third kappa shape index (κ3) is 5.07. The van der Waals surface area contributed by atoms with E-state index >= 15 is 0 Å². The Morgan fingerprint density at radius 2 is 1.65 bits per heavy atom. The number of hydrogen-bond acceptors (Lipinski definition) is 8. The molecule has 9 heteroatoms. The van der Waals surface area contributed by atoms with E-state index in [9.17, 15) is 0 Å². The molecule has 4 heterocycles. The summed E-state index contributed by atoms with van der Waals surface area (Å²) in [7, 11) is 0. The Balaban J connectivity index is 1.31. The fourth-order valence-electron chi connectivity index (χ4n) is 4.28. The number of nitrogens with one attached hydrogen (secondary N) is 1. The Kier molecular flexibility index (Phi) is 6.59. The van der Waals surface area contributed by atoms with Crippen molar-refractivity contribution >= 4 is 22.8 Å². The first-order valence-corrected chi connectivity index (χ1v) is 12.4. The van der Waals surface area contributed by atoms with Gasteiger partial charge in [-0.15, -0.1) is 0 Å². The van der Waals surface area contributed by atoms with Crippen LogP contribution in [0.1, 0.15) is 0 Å². The molecule has 1 aliphatic heterocycles. The van der Waals surface area contributed by atoms with Crippen LogP contribution in [0.3, 0.4) is 0 Å². The monoisotopic (exact) mass is 493 g/mol. The quantitative estimate of drug-likeness (QED) is 0.322. The number of benzene rings is 2. The van der Waals surface area contributed by atoms with Gasteiger partial charge in [-0.05, 0) is 36.4 Å². The molecule has 1 N–H and O–H groups in total. The average molecular weight is 494 g/mol. The summed E-state index contributed by atoms with van der Waals surface area (Å²) in [5, 5.41) is 3.40. The topological polar surface area (TPSA) is 90.2 Å². The molecule has 0 aliphatic carbocycles. The van der Waals surface area contributed by atoms with Gasteiger partial charge in [0.05, 0.1) is 19.8 Å². The van der Waals surface area contributed by atoms with Gasteiger partial charge in [-0.2, -0.15) is 0 Å². The van der Waals surface area contributed by atoms with Crippen LogP contribution in [0.2, 0.25) is 0 Å². The average Bonchev–Trinajstić information content (AvgIpc) is 3.41. The maximum absolute atomic E-state index is 5.84. The van der Waals surface area contributed by atoms with Crippen LogP contribution in [0.5, 0.6) is 5.75 Å². The molecule has 186 valence electrons. The highest BCUT2D eigenvalue weighted by Crippen LogP contribution is 2.27. The van der Waals surface area contributed by atoms with Crippen LogP contribution in [0.15, 0.2) is 85.3 Å². The van der Waals surface area contributed by atoms with Gasteiger partial charge >= 0.3 is 0 Å². The van der Waals surface area contributed by atoms with Crippen LogP contribution in [0.25, 0.3) is 28.2 Å². The Morgan fingerprint density at radius 3 is 2.41 bits per heavy atom. The van der Waals surface area contributed by atoms with Crippen LogP contribution >= 0.6 is 0 Å². The lowest BCUT2D eigenvalue weighted by Crippen LogP contribution is -2.36. The van der Waals surface area contributed by atoms with E-state index in [0.717, 1.165) is 54.8 Å². The number of morpholine rings is 1. The predicted octanol–water partition coefficient (Wildman–Crippen LogP) is 4.21. The number of rotatable bonds is 8. The third-order valence-corrected chi connectivity index (χ3v) is 6.18. The van der Waals surface area contributed by atoms with Gasteiger partial charge in [-0.3, -0.25) is 4.57 Å². The second kappa shape index (κ2) is 10.6. The first-order chi connectivity index (χ1) is 18.3. The van der Waals surface area contributed by atoms with Gasteiger partial charge in [-0.25, -0.2) is 19.9 Å². The minimum atomic E-state index is 0.486. The van der Waals surface area contributed by atoms with Crippen molar-refractivity contribution in [3.63, 3.8) is 0 Å². The van der Waals surface area contributed by atoms with Crippen molar-refractivity contribution < 1.29 is 9.47 Å². The molecule has 0 saturated carbocycles. The molecular weight excluding hydrogens is 466 g/mol. The minimum Gasteiger partial charge on any atom is -0.492 e. The molecule has 1 saturated heterocycles. The molecule has 5 aromatic rings. The van der Waals surface area contributed by atoms with Gasteiger partial charge in [0.25, 0.3) is 0 Å². The molecule has 0 unspecified atom stereocenters. The summed E-state index contributed by atoms with van der Waals surface area (Å²) in [5.41, 5.74) is 3.24. The first-order valence-electron chi connectivity index (χ1n) is 12.4. The molecule has 1 fully saturated rings. The van der Waals surface area contributed by atoms with Crippen molar-refractivity contribution in [3.05, 3.63) is 85.3 Å². The number of anilines is 2. The van der Waals surface area contributed by atoms with Crippen molar-refractivity contribution in [1.82, 2.24) is 24.5 Å². The molecule has 9 nitrogen and oxygen atoms in total. The van der Waals surface area contributed by atoms with E-state index in [4.69, 9.17) is 24.4 Å². The van der Waals surface area contributed by atoms with Gasteiger partial charge in [0.2, 0.25) is 0 Å². The van der Waals surface area contributed by atoms with Gasteiger partial charge in [-0.1, -0.05) is 36.4 Å². The lowest BCUT2D eigenvalue weighted by Gasteiger charge is -2.27. The summed E-state index contributed by atoms with van der Waals surface area (Å²) in [6.45, 7) is 4.16. The largest absolute Gasteiger partial charge is 0.492 e. The van der Waals surface area contributed by atoms with Crippen molar-refractivity contribution in [2.45, 2.75) is 0 Å². The predicted molar refractivity (Wildman–Crippen MR) is 143 cm³/mol. The lowest BCUT2D eigenvalue weighted by molar-refractivity contribution is 0.122. The van der Waals surface area contributed by atoms with E-state index < -0.39 is 0 Å². The second-order valence-corrected chi connectivity index (χ2v) is 8.61. The number of fused-ring (bicyclic) bond motifs is 1. The molecule has 6 rings (SSSR count). The zero-order valence-electron chi connectivity index (χ0n) is 20.3. The van der Waals surface area contributed by atoms with E-state index in [1.165, 1.54) is 0 Å². The molecule has 0 bridgehead atoms. The van der Waals surface area contributed by atoms with Crippen molar-refractivity contribution in [3.8, 4) is 22.8 Å². The lowest BCUT2D eigenvalue weighted by atomic mass is 10.2. The fraction of sp³-hybridized carbons (Fsp3) is 0.214. The highest BCUT2D eigenvalue weighted by Gasteiger charge is 2.17. The summed E-state index contributed by atoms with van der Waals surface area (Å²) in [6, 6.07) is 23.8. The van der Waals surface area contributed by atoms with Gasteiger partial charge in [0, 0.05) is 30.5 Å². The number of aromatic nitrogens is 5. The van der Waals surface area contributed by atoms with E-state index in [1.54, 1.807) is 6.33 Å². The first kappa shape index (κ1) is 22.9. The summed E-state index contributed by atoms with van der Waals surface area (Å²) in [5.74, 6) is 3.00. The van der Waals surface area contributed by atoms with E-state index in [0.29, 0.717) is 30.3 Å². The Hall–Kier alpha value is -4.50. The number of hydrogen-bond donors (Lipinski definition) is 1. The molecule has 0 radical (unpaired) electrons. The molecule has 1 aliphatic rings. The van der Waals surface area contributed by atoms with E-state index in [1.807, 2.05) is 83.6 Å². The van der Waals surface area contributed by atoms with Crippen LogP contribution < -0.4 is 15.0 Å². The van der Waals surface area contributed by atoms with Crippen LogP contribution in [-0.2, 0) is 4.74 Å². The standard InChI is InChI=1S/C28H27N7O2/c1-3-7-22(8-4-1)35-20-31-25-27(29-13-16-37-23-9-5-2-6-10-23)32-26(33-28(25)35)21-11-12-24(30-19-21)34-14-17-36-18-15-34/h1-12,19-20H,13-18H2,(H,29,32,33).